The van der Waals surface area contributed by atoms with Crippen molar-refractivity contribution in [3.8, 4) is 5.75 Å². The van der Waals surface area contributed by atoms with Crippen molar-refractivity contribution in [2.75, 3.05) is 0 Å². The van der Waals surface area contributed by atoms with Crippen molar-refractivity contribution in [1.29, 1.82) is 0 Å². The van der Waals surface area contributed by atoms with Gasteiger partial charge in [-0.3, -0.25) is 0 Å². The smallest absolute Gasteiger partial charge is 0.184 e. The first kappa shape index (κ1) is 15.3. The van der Waals surface area contributed by atoms with Crippen LogP contribution in [0.2, 0.25) is 19.6 Å². The van der Waals surface area contributed by atoms with Gasteiger partial charge in [-0.1, -0.05) is 0 Å². The van der Waals surface area contributed by atoms with Crippen molar-refractivity contribution in [2.45, 2.75) is 57.5 Å². The Balaban J connectivity index is 1.89. The number of benzene rings is 1. The predicted molar refractivity (Wildman–Crippen MR) is 90.3 cm³/mol. The van der Waals surface area contributed by atoms with Crippen LogP contribution in [0.25, 0.3) is 0 Å². The topological polar surface area (TPSA) is 18.5 Å². The molecule has 1 aromatic carbocycles. The molecule has 0 heterocycles. The fourth-order valence-corrected chi connectivity index (χ4v) is 4.10. The minimum absolute atomic E-state index is 0.315. The second kappa shape index (κ2) is 6.59. The Morgan fingerprint density at radius 3 is 2.32 bits per heavy atom. The highest BCUT2D eigenvalue weighted by molar-refractivity contribution is 14.1. The molecule has 19 heavy (non-hydrogen) atoms. The zero-order valence-electron chi connectivity index (χ0n) is 12.0. The van der Waals surface area contributed by atoms with Crippen LogP contribution >= 0.6 is 22.6 Å². The van der Waals surface area contributed by atoms with Crippen LogP contribution in [0.1, 0.15) is 25.7 Å². The van der Waals surface area contributed by atoms with Crippen LogP contribution in [0.3, 0.4) is 0 Å². The van der Waals surface area contributed by atoms with Crippen LogP contribution in [0.5, 0.6) is 5.75 Å². The Morgan fingerprint density at radius 1 is 1.05 bits per heavy atom. The number of hydrogen-bond donors (Lipinski definition) is 0. The second-order valence-corrected chi connectivity index (χ2v) is 11.9. The summed E-state index contributed by atoms with van der Waals surface area (Å²) in [6.07, 6.45) is 5.30. The Kier molecular flexibility index (Phi) is 5.31. The van der Waals surface area contributed by atoms with E-state index >= 15 is 0 Å². The molecule has 1 fully saturated rings. The largest absolute Gasteiger partial charge is 0.490 e. The molecule has 2 nitrogen and oxygen atoms in total. The molecule has 0 N–H and O–H groups in total. The molecule has 0 aliphatic heterocycles. The summed E-state index contributed by atoms with van der Waals surface area (Å²) in [7, 11) is -1.43. The molecule has 106 valence electrons. The third-order valence-corrected chi connectivity index (χ3v) is 4.97. The molecule has 4 heteroatoms. The van der Waals surface area contributed by atoms with Gasteiger partial charge < -0.3 is 9.16 Å². The summed E-state index contributed by atoms with van der Waals surface area (Å²) in [6.45, 7) is 6.78. The quantitative estimate of drug-likeness (QED) is 0.542. The molecular weight excluding hydrogens is 367 g/mol. The third kappa shape index (κ3) is 5.43. The fourth-order valence-electron chi connectivity index (χ4n) is 2.52. The SMILES string of the molecule is C[Si](C)(C)OC1CCCC(Oc2ccc(I)cc2)C1. The van der Waals surface area contributed by atoms with Crippen LogP contribution in [0, 0.1) is 3.57 Å². The zero-order valence-corrected chi connectivity index (χ0v) is 15.1. The van der Waals surface area contributed by atoms with Crippen LogP contribution in [0.15, 0.2) is 24.3 Å². The highest BCUT2D eigenvalue weighted by atomic mass is 127. The first-order chi connectivity index (χ1) is 8.92. The number of ether oxygens (including phenoxy) is 1. The lowest BCUT2D eigenvalue weighted by molar-refractivity contribution is 0.0640. The molecule has 0 amide bonds. The van der Waals surface area contributed by atoms with Gasteiger partial charge in [0, 0.05) is 16.1 Å². The molecule has 1 saturated carbocycles. The molecular formula is C15H23IO2Si. The number of rotatable bonds is 4. The zero-order chi connectivity index (χ0) is 13.9. The predicted octanol–water partition coefficient (Wildman–Crippen LogP) is 4.83. The van der Waals surface area contributed by atoms with Crippen molar-refractivity contribution in [3.05, 3.63) is 27.8 Å². The maximum Gasteiger partial charge on any atom is 0.184 e. The first-order valence-electron chi connectivity index (χ1n) is 7.02. The average molecular weight is 390 g/mol. The van der Waals surface area contributed by atoms with Crippen molar-refractivity contribution in [3.63, 3.8) is 0 Å². The Bertz CT molecular complexity index is 400. The standard InChI is InChI=1S/C15H23IO2Si/c1-19(2,3)18-15-6-4-5-14(11-15)17-13-9-7-12(16)8-10-13/h7-10,14-15H,4-6,11H2,1-3H3. The summed E-state index contributed by atoms with van der Waals surface area (Å²) in [4.78, 5) is 0. The normalized spacial score (nSPS) is 24.2. The second-order valence-electron chi connectivity index (χ2n) is 6.21. The van der Waals surface area contributed by atoms with E-state index in [1.165, 1.54) is 16.4 Å². The molecule has 0 bridgehead atoms. The molecule has 0 spiro atoms. The average Bonchev–Trinajstić information content (AvgIpc) is 2.30. The van der Waals surface area contributed by atoms with E-state index in [0.717, 1.165) is 18.6 Å². The van der Waals surface area contributed by atoms with Gasteiger partial charge in [-0.25, -0.2) is 0 Å². The molecule has 1 aliphatic carbocycles. The molecule has 2 rings (SSSR count). The first-order valence-corrected chi connectivity index (χ1v) is 11.5. The van der Waals surface area contributed by atoms with Crippen LogP contribution in [-0.4, -0.2) is 20.5 Å². The van der Waals surface area contributed by atoms with Gasteiger partial charge in [0.15, 0.2) is 8.32 Å². The van der Waals surface area contributed by atoms with Crippen LogP contribution < -0.4 is 4.74 Å². The lowest BCUT2D eigenvalue weighted by Gasteiger charge is -2.33. The van der Waals surface area contributed by atoms with E-state index in [2.05, 4.69) is 66.5 Å². The van der Waals surface area contributed by atoms with Crippen LogP contribution in [-0.2, 0) is 4.43 Å². The lowest BCUT2D eigenvalue weighted by atomic mass is 9.95. The summed E-state index contributed by atoms with van der Waals surface area (Å²) in [6, 6.07) is 8.30. The summed E-state index contributed by atoms with van der Waals surface area (Å²) < 4.78 is 13.6. The molecule has 2 unspecified atom stereocenters. The third-order valence-electron chi connectivity index (χ3n) is 3.21. The van der Waals surface area contributed by atoms with E-state index in [-0.39, 0.29) is 0 Å². The van der Waals surface area contributed by atoms with E-state index in [1.807, 2.05) is 0 Å². The van der Waals surface area contributed by atoms with Gasteiger partial charge in [-0.2, -0.15) is 0 Å². The highest BCUT2D eigenvalue weighted by Crippen LogP contribution is 2.27. The highest BCUT2D eigenvalue weighted by Gasteiger charge is 2.28. The molecule has 1 aromatic rings. The van der Waals surface area contributed by atoms with Crippen molar-refractivity contribution < 1.29 is 9.16 Å². The minimum atomic E-state index is -1.43. The van der Waals surface area contributed by atoms with Crippen molar-refractivity contribution in [2.24, 2.45) is 0 Å². The number of halogens is 1. The maximum atomic E-state index is 6.22. The van der Waals surface area contributed by atoms with Gasteiger partial charge in [0.1, 0.15) is 11.9 Å². The molecule has 0 radical (unpaired) electrons. The van der Waals surface area contributed by atoms with Gasteiger partial charge in [0.2, 0.25) is 0 Å². The van der Waals surface area contributed by atoms with Crippen molar-refractivity contribution in [1.82, 2.24) is 0 Å². The fraction of sp³-hybridized carbons (Fsp3) is 0.600. The molecule has 0 saturated heterocycles. The maximum absolute atomic E-state index is 6.22. The lowest BCUT2D eigenvalue weighted by Crippen LogP contribution is -2.37. The van der Waals surface area contributed by atoms with E-state index in [0.29, 0.717) is 12.2 Å². The number of hydrogen-bond acceptors (Lipinski definition) is 2. The van der Waals surface area contributed by atoms with Gasteiger partial charge in [-0.05, 0) is 85.8 Å². The van der Waals surface area contributed by atoms with Gasteiger partial charge in [0.05, 0.1) is 0 Å². The molecule has 2 atom stereocenters. The Hall–Kier alpha value is -0.0731. The summed E-state index contributed by atoms with van der Waals surface area (Å²) in [5.74, 6) is 0.985. The van der Waals surface area contributed by atoms with Crippen molar-refractivity contribution >= 4 is 30.9 Å². The van der Waals surface area contributed by atoms with E-state index in [4.69, 9.17) is 9.16 Å². The van der Waals surface area contributed by atoms with Crippen LogP contribution in [0.4, 0.5) is 0 Å². The van der Waals surface area contributed by atoms with E-state index in [1.54, 1.807) is 0 Å². The summed E-state index contributed by atoms with van der Waals surface area (Å²) >= 11 is 2.31. The summed E-state index contributed by atoms with van der Waals surface area (Å²) in [5, 5.41) is 0. The molecule has 0 aromatic heterocycles. The van der Waals surface area contributed by atoms with Gasteiger partial charge in [0.25, 0.3) is 0 Å². The van der Waals surface area contributed by atoms with E-state index in [9.17, 15) is 0 Å². The van der Waals surface area contributed by atoms with E-state index < -0.39 is 8.32 Å². The van der Waals surface area contributed by atoms with Gasteiger partial charge >= 0.3 is 0 Å². The summed E-state index contributed by atoms with van der Waals surface area (Å²) in [5.41, 5.74) is 0. The monoisotopic (exact) mass is 390 g/mol. The molecule has 1 aliphatic rings. The minimum Gasteiger partial charge on any atom is -0.490 e. The Morgan fingerprint density at radius 2 is 1.68 bits per heavy atom. The van der Waals surface area contributed by atoms with Gasteiger partial charge in [-0.15, -0.1) is 0 Å². The Labute approximate surface area is 131 Å².